The number of carbonyl (C=O) groups is 1. The molecule has 0 fully saturated rings. The summed E-state index contributed by atoms with van der Waals surface area (Å²) in [6.45, 7) is 2.09. The maximum absolute atomic E-state index is 11.4. The van der Waals surface area contributed by atoms with Gasteiger partial charge in [0.1, 0.15) is 0 Å². The zero-order valence-corrected chi connectivity index (χ0v) is 12.4. The smallest absolute Gasteiger partial charge is 0.277 e. The lowest BCUT2D eigenvalue weighted by Crippen LogP contribution is -3.06. The lowest BCUT2D eigenvalue weighted by Gasteiger charge is -2.15. The molecule has 1 N–H and O–H groups in total. The molecule has 0 aliphatic heterocycles. The summed E-state index contributed by atoms with van der Waals surface area (Å²) in [6.07, 6.45) is 0.936. The summed E-state index contributed by atoms with van der Waals surface area (Å²) in [5.41, 5.74) is 0. The molecule has 1 aromatic rings. The molecule has 0 radical (unpaired) electrons. The summed E-state index contributed by atoms with van der Waals surface area (Å²) >= 11 is 1.28. The molecule has 1 rings (SSSR count). The van der Waals surface area contributed by atoms with Gasteiger partial charge in [0.25, 0.3) is 11.1 Å². The third-order valence-corrected chi connectivity index (χ3v) is 3.45. The molecule has 1 aromatic heterocycles. The summed E-state index contributed by atoms with van der Waals surface area (Å²) in [7, 11) is 7.57. The Balaban J connectivity index is 2.60. The van der Waals surface area contributed by atoms with Crippen LogP contribution in [0.15, 0.2) is 9.64 Å². The van der Waals surface area contributed by atoms with Gasteiger partial charge in [-0.15, -0.1) is 10.2 Å². The fourth-order valence-electron chi connectivity index (χ4n) is 1.50. The SMILES string of the molecule is CC[C@@H](c1nnc(SCC(=O)N(C)C)o1)[NH+](C)C. The fraction of sp³-hybridized carbons (Fsp3) is 0.727. The standard InChI is InChI=1S/C11H20N4O2S/c1-6-8(14(2)3)10-12-13-11(17-10)18-7-9(16)15(4)5/h8H,6-7H2,1-5H3/p+1/t8-/m0/s1. The van der Waals surface area contributed by atoms with Crippen LogP contribution in [0.5, 0.6) is 0 Å². The van der Waals surface area contributed by atoms with E-state index < -0.39 is 0 Å². The first-order valence-electron chi connectivity index (χ1n) is 5.92. The number of nitrogens with one attached hydrogen (secondary N) is 1. The van der Waals surface area contributed by atoms with Crippen LogP contribution >= 0.6 is 11.8 Å². The Morgan fingerprint density at radius 3 is 2.61 bits per heavy atom. The van der Waals surface area contributed by atoms with Crippen molar-refractivity contribution in [1.82, 2.24) is 15.1 Å². The highest BCUT2D eigenvalue weighted by atomic mass is 32.2. The average Bonchev–Trinajstić information content (AvgIpc) is 2.74. The molecule has 0 aliphatic carbocycles. The van der Waals surface area contributed by atoms with Gasteiger partial charge in [0, 0.05) is 20.5 Å². The Hall–Kier alpha value is -1.08. The van der Waals surface area contributed by atoms with E-state index in [1.54, 1.807) is 19.0 Å². The van der Waals surface area contributed by atoms with E-state index in [1.807, 2.05) is 0 Å². The van der Waals surface area contributed by atoms with Crippen LogP contribution in [-0.4, -0.2) is 54.9 Å². The van der Waals surface area contributed by atoms with E-state index in [-0.39, 0.29) is 11.9 Å². The van der Waals surface area contributed by atoms with Crippen LogP contribution in [0.4, 0.5) is 0 Å². The molecular formula is C11H21N4O2S+. The molecule has 6 nitrogen and oxygen atoms in total. The maximum atomic E-state index is 11.4. The highest BCUT2D eigenvalue weighted by Crippen LogP contribution is 2.19. The van der Waals surface area contributed by atoms with Crippen LogP contribution < -0.4 is 4.90 Å². The predicted octanol–water partition coefficient (Wildman–Crippen LogP) is -0.154. The average molecular weight is 273 g/mol. The zero-order valence-electron chi connectivity index (χ0n) is 11.6. The molecule has 7 heteroatoms. The summed E-state index contributed by atoms with van der Waals surface area (Å²) in [5.74, 6) is 0.989. The monoisotopic (exact) mass is 273 g/mol. The van der Waals surface area contributed by atoms with E-state index in [2.05, 4.69) is 31.2 Å². The minimum atomic E-state index is 0.0324. The molecule has 0 bridgehead atoms. The first-order valence-corrected chi connectivity index (χ1v) is 6.90. The Morgan fingerprint density at radius 1 is 1.44 bits per heavy atom. The van der Waals surface area contributed by atoms with Crippen LogP contribution in [0.1, 0.15) is 25.3 Å². The predicted molar refractivity (Wildman–Crippen MR) is 69.6 cm³/mol. The number of hydrogen-bond acceptors (Lipinski definition) is 5. The minimum absolute atomic E-state index is 0.0324. The summed E-state index contributed by atoms with van der Waals surface area (Å²) in [5, 5.41) is 8.47. The lowest BCUT2D eigenvalue weighted by atomic mass is 10.2. The van der Waals surface area contributed by atoms with Gasteiger partial charge in [0.05, 0.1) is 19.8 Å². The van der Waals surface area contributed by atoms with Crippen molar-refractivity contribution in [2.75, 3.05) is 33.9 Å². The normalized spacial score (nSPS) is 12.8. The number of carbonyl (C=O) groups excluding carboxylic acids is 1. The van der Waals surface area contributed by atoms with Crippen molar-refractivity contribution in [3.05, 3.63) is 5.89 Å². The van der Waals surface area contributed by atoms with E-state index in [9.17, 15) is 4.79 Å². The van der Waals surface area contributed by atoms with Gasteiger partial charge in [-0.3, -0.25) is 4.79 Å². The number of quaternary nitrogens is 1. The number of aromatic nitrogens is 2. The van der Waals surface area contributed by atoms with Crippen LogP contribution in [-0.2, 0) is 4.79 Å². The summed E-state index contributed by atoms with van der Waals surface area (Å²) in [6, 6.07) is 0.205. The molecular weight excluding hydrogens is 252 g/mol. The highest BCUT2D eigenvalue weighted by Gasteiger charge is 2.22. The zero-order chi connectivity index (χ0) is 13.7. The second-order valence-corrected chi connectivity index (χ2v) is 5.45. The van der Waals surface area contributed by atoms with Crippen molar-refractivity contribution in [2.45, 2.75) is 24.6 Å². The van der Waals surface area contributed by atoms with E-state index in [4.69, 9.17) is 4.42 Å². The number of rotatable bonds is 6. The van der Waals surface area contributed by atoms with Crippen LogP contribution in [0.25, 0.3) is 0 Å². The van der Waals surface area contributed by atoms with Gasteiger partial charge in [0.15, 0.2) is 6.04 Å². The molecule has 0 unspecified atom stereocenters. The first kappa shape index (κ1) is 15.0. The second kappa shape index (κ2) is 6.75. The molecule has 1 amide bonds. The largest absolute Gasteiger partial charge is 0.410 e. The fourth-order valence-corrected chi connectivity index (χ4v) is 2.25. The molecule has 0 saturated carbocycles. The van der Waals surface area contributed by atoms with Gasteiger partial charge in [-0.05, 0) is 0 Å². The molecule has 0 aliphatic rings. The molecule has 0 aromatic carbocycles. The van der Waals surface area contributed by atoms with Crippen LogP contribution in [0.3, 0.4) is 0 Å². The molecule has 0 saturated heterocycles. The Kier molecular flexibility index (Phi) is 5.61. The van der Waals surface area contributed by atoms with Gasteiger partial charge in [-0.25, -0.2) is 0 Å². The van der Waals surface area contributed by atoms with Crippen molar-refractivity contribution in [1.29, 1.82) is 0 Å². The number of hydrogen-bond donors (Lipinski definition) is 1. The topological polar surface area (TPSA) is 63.7 Å². The van der Waals surface area contributed by atoms with Gasteiger partial charge in [0.2, 0.25) is 5.91 Å². The van der Waals surface area contributed by atoms with Crippen molar-refractivity contribution < 1.29 is 14.1 Å². The number of thioether (sulfide) groups is 1. The van der Waals surface area contributed by atoms with E-state index in [0.29, 0.717) is 16.9 Å². The summed E-state index contributed by atoms with van der Waals surface area (Å²) in [4.78, 5) is 14.2. The number of nitrogens with zero attached hydrogens (tertiary/aromatic N) is 3. The van der Waals surface area contributed by atoms with E-state index in [0.717, 1.165) is 6.42 Å². The Bertz CT molecular complexity index is 392. The highest BCUT2D eigenvalue weighted by molar-refractivity contribution is 7.99. The van der Waals surface area contributed by atoms with Gasteiger partial charge in [-0.1, -0.05) is 18.7 Å². The van der Waals surface area contributed by atoms with Gasteiger partial charge in [-0.2, -0.15) is 0 Å². The number of amides is 1. The molecule has 18 heavy (non-hydrogen) atoms. The quantitative estimate of drug-likeness (QED) is 0.730. The first-order chi connectivity index (χ1) is 8.45. The van der Waals surface area contributed by atoms with Crippen molar-refractivity contribution in [3.63, 3.8) is 0 Å². The molecule has 1 heterocycles. The molecule has 0 spiro atoms. The Morgan fingerprint density at radius 2 is 2.11 bits per heavy atom. The third-order valence-electron chi connectivity index (χ3n) is 2.64. The lowest BCUT2D eigenvalue weighted by molar-refractivity contribution is -0.894. The van der Waals surface area contributed by atoms with Gasteiger partial charge >= 0.3 is 0 Å². The molecule has 102 valence electrons. The van der Waals surface area contributed by atoms with Crippen LogP contribution in [0.2, 0.25) is 0 Å². The van der Waals surface area contributed by atoms with Crippen molar-refractivity contribution >= 4 is 17.7 Å². The molecule has 1 atom stereocenters. The maximum Gasteiger partial charge on any atom is 0.277 e. The third kappa shape index (κ3) is 3.99. The summed E-state index contributed by atoms with van der Waals surface area (Å²) < 4.78 is 5.58. The van der Waals surface area contributed by atoms with E-state index >= 15 is 0 Å². The minimum Gasteiger partial charge on any atom is -0.410 e. The van der Waals surface area contributed by atoms with Gasteiger partial charge < -0.3 is 14.2 Å². The second-order valence-electron chi connectivity index (χ2n) is 4.52. The van der Waals surface area contributed by atoms with Crippen molar-refractivity contribution in [3.8, 4) is 0 Å². The van der Waals surface area contributed by atoms with Crippen LogP contribution in [0, 0.1) is 0 Å². The Labute approximate surface area is 112 Å². The van der Waals surface area contributed by atoms with E-state index in [1.165, 1.54) is 16.7 Å². The van der Waals surface area contributed by atoms with Crippen molar-refractivity contribution in [2.24, 2.45) is 0 Å².